The van der Waals surface area contributed by atoms with E-state index in [1.54, 1.807) is 19.2 Å². The topological polar surface area (TPSA) is 92.5 Å². The molecule has 0 N–H and O–H groups in total. The Morgan fingerprint density at radius 2 is 1.84 bits per heavy atom. The van der Waals surface area contributed by atoms with Crippen molar-refractivity contribution in [2.24, 2.45) is 5.92 Å². The Hall–Kier alpha value is -3.46. The normalized spacial score (nSPS) is 17.3. The molecule has 1 amide bonds. The lowest BCUT2D eigenvalue weighted by atomic mass is 9.84. The number of hydrogen-bond donors (Lipinski definition) is 0. The van der Waals surface area contributed by atoms with Crippen LogP contribution in [0.2, 0.25) is 0 Å². The first kappa shape index (κ1) is 27.6. The molecule has 11 heteroatoms. The number of halogens is 2. The number of aromatic nitrogens is 1. The summed E-state index contributed by atoms with van der Waals surface area (Å²) in [6, 6.07) is 14.3. The van der Waals surface area contributed by atoms with E-state index in [1.807, 2.05) is 12.1 Å². The molecule has 1 aliphatic heterocycles. The van der Waals surface area contributed by atoms with E-state index < -0.39 is 17.9 Å². The quantitative estimate of drug-likeness (QED) is 0.309. The molecule has 2 aromatic carbocycles. The Kier molecular flexibility index (Phi) is 8.06. The highest BCUT2D eigenvalue weighted by atomic mass is 31.0. The number of nitrogens with zero attached hydrogens (tertiary/aromatic N) is 3. The lowest BCUT2D eigenvalue weighted by Crippen LogP contribution is -2.29. The monoisotopic (exact) mass is 555 g/mol. The van der Waals surface area contributed by atoms with Crippen LogP contribution in [0.15, 0.2) is 54.7 Å². The standard InChI is InChI=1S/C27H25F2N3O4P2/c1-27(28,29)36-17-7-5-15(6-8-17)21(33)12-19-20(24-22(37)10-18(35-2)11-23(24)38)14-32(26(19)34)25-16(13-30)4-3-9-31-25/h3-11,19-20H,12,14,37-38H2,1-2H3/t19-,20+/m0/s1. The highest BCUT2D eigenvalue weighted by Gasteiger charge is 2.45. The molecule has 1 aromatic heterocycles. The van der Waals surface area contributed by atoms with Gasteiger partial charge in [0.05, 0.1) is 18.6 Å². The zero-order chi connectivity index (χ0) is 27.6. The number of Topliss-reactive ketones (excluding diaryl/α,β-unsaturated/α-hetero) is 1. The zero-order valence-electron chi connectivity index (χ0n) is 20.7. The van der Waals surface area contributed by atoms with Crippen LogP contribution in [0.25, 0.3) is 0 Å². The molecule has 0 radical (unpaired) electrons. The number of alkyl halides is 2. The van der Waals surface area contributed by atoms with Crippen molar-refractivity contribution in [1.82, 2.24) is 4.98 Å². The van der Waals surface area contributed by atoms with Gasteiger partial charge in [-0.25, -0.2) is 4.98 Å². The number of carbonyl (C=O) groups excluding carboxylic acids is 2. The smallest absolute Gasteiger partial charge is 0.394 e. The highest BCUT2D eigenvalue weighted by molar-refractivity contribution is 7.29. The molecule has 196 valence electrons. The molecule has 0 saturated carbocycles. The second-order valence-corrected chi connectivity index (χ2v) is 10.2. The molecular weight excluding hydrogens is 530 g/mol. The van der Waals surface area contributed by atoms with Gasteiger partial charge in [0.1, 0.15) is 17.6 Å². The van der Waals surface area contributed by atoms with Crippen molar-refractivity contribution in [3.05, 3.63) is 71.4 Å². The predicted molar refractivity (Wildman–Crippen MR) is 146 cm³/mol. The number of anilines is 1. The Morgan fingerprint density at radius 1 is 1.18 bits per heavy atom. The number of ether oxygens (including phenoxy) is 2. The molecule has 0 spiro atoms. The molecule has 1 aliphatic rings. The van der Waals surface area contributed by atoms with Crippen molar-refractivity contribution in [3.63, 3.8) is 0 Å². The van der Waals surface area contributed by atoms with Crippen LogP contribution >= 0.6 is 18.5 Å². The van der Waals surface area contributed by atoms with E-state index in [-0.39, 0.29) is 47.4 Å². The first-order valence-electron chi connectivity index (χ1n) is 11.6. The van der Waals surface area contributed by atoms with Gasteiger partial charge >= 0.3 is 6.11 Å². The highest BCUT2D eigenvalue weighted by Crippen LogP contribution is 2.39. The summed E-state index contributed by atoms with van der Waals surface area (Å²) < 4.78 is 36.2. The summed E-state index contributed by atoms with van der Waals surface area (Å²) in [6.07, 6.45) is -1.97. The van der Waals surface area contributed by atoms with Crippen LogP contribution in [0, 0.1) is 17.2 Å². The second kappa shape index (κ2) is 11.1. The van der Waals surface area contributed by atoms with Crippen molar-refractivity contribution in [2.45, 2.75) is 25.4 Å². The SMILES string of the molecule is COc1cc(P)c([C@@H]2CN(c3ncccc3C#N)C(=O)[C@H]2CC(=O)c2ccc(OC(C)(F)F)cc2)c(P)c1. The average Bonchev–Trinajstić information content (AvgIpc) is 3.18. The van der Waals surface area contributed by atoms with Gasteiger partial charge < -0.3 is 9.47 Å². The minimum atomic E-state index is -3.35. The van der Waals surface area contributed by atoms with E-state index >= 15 is 0 Å². The minimum absolute atomic E-state index is 0.0761. The average molecular weight is 555 g/mol. The summed E-state index contributed by atoms with van der Waals surface area (Å²) in [5, 5.41) is 11.2. The fourth-order valence-electron chi connectivity index (χ4n) is 4.65. The Morgan fingerprint density at radius 3 is 2.42 bits per heavy atom. The number of hydrogen-bond acceptors (Lipinski definition) is 6. The van der Waals surface area contributed by atoms with Gasteiger partial charge in [0.15, 0.2) is 11.6 Å². The van der Waals surface area contributed by atoms with Crippen LogP contribution in [-0.4, -0.2) is 36.4 Å². The maximum Gasteiger partial charge on any atom is 0.394 e. The van der Waals surface area contributed by atoms with Gasteiger partial charge in [-0.05, 0) is 64.7 Å². The van der Waals surface area contributed by atoms with Crippen LogP contribution in [0.3, 0.4) is 0 Å². The summed E-state index contributed by atoms with van der Waals surface area (Å²) in [5.41, 5.74) is 1.38. The number of nitriles is 1. The van der Waals surface area contributed by atoms with Gasteiger partial charge in [-0.15, -0.1) is 18.5 Å². The van der Waals surface area contributed by atoms with Gasteiger partial charge in [-0.3, -0.25) is 14.5 Å². The zero-order valence-corrected chi connectivity index (χ0v) is 23.0. The molecular formula is C27H25F2N3O4P2. The summed E-state index contributed by atoms with van der Waals surface area (Å²) in [6.45, 7) is 0.846. The molecule has 38 heavy (non-hydrogen) atoms. The van der Waals surface area contributed by atoms with Crippen molar-refractivity contribution in [1.29, 1.82) is 5.26 Å². The number of methoxy groups -OCH3 is 1. The molecule has 1 saturated heterocycles. The second-order valence-electron chi connectivity index (χ2n) is 8.93. The van der Waals surface area contributed by atoms with Gasteiger partial charge in [-0.1, -0.05) is 0 Å². The number of benzene rings is 2. The maximum atomic E-state index is 13.8. The van der Waals surface area contributed by atoms with Gasteiger partial charge in [-0.2, -0.15) is 14.0 Å². The van der Waals surface area contributed by atoms with E-state index in [9.17, 15) is 23.6 Å². The van der Waals surface area contributed by atoms with Crippen LogP contribution in [0.4, 0.5) is 14.6 Å². The molecule has 4 atom stereocenters. The van der Waals surface area contributed by atoms with E-state index in [0.29, 0.717) is 12.7 Å². The third-order valence-corrected chi connectivity index (χ3v) is 7.27. The maximum absolute atomic E-state index is 13.8. The van der Waals surface area contributed by atoms with E-state index in [2.05, 4.69) is 34.3 Å². The molecule has 3 aromatic rings. The van der Waals surface area contributed by atoms with Gasteiger partial charge in [0.2, 0.25) is 5.91 Å². The van der Waals surface area contributed by atoms with Crippen molar-refractivity contribution in [2.75, 3.05) is 18.6 Å². The number of carbonyl (C=O) groups is 2. The largest absolute Gasteiger partial charge is 0.497 e. The summed E-state index contributed by atoms with van der Waals surface area (Å²) in [4.78, 5) is 32.8. The van der Waals surface area contributed by atoms with E-state index in [0.717, 1.165) is 16.2 Å². The Balaban J connectivity index is 1.70. The summed E-state index contributed by atoms with van der Waals surface area (Å²) >= 11 is 0. The third kappa shape index (κ3) is 5.83. The Labute approximate surface area is 223 Å². The predicted octanol–water partition coefficient (Wildman–Crippen LogP) is 3.97. The molecule has 1 fully saturated rings. The van der Waals surface area contributed by atoms with Crippen LogP contribution < -0.4 is 25.0 Å². The molecule has 7 nitrogen and oxygen atoms in total. The molecule has 0 bridgehead atoms. The fraction of sp³-hybridized carbons (Fsp3) is 0.259. The van der Waals surface area contributed by atoms with Crippen LogP contribution in [0.1, 0.15) is 40.7 Å². The molecule has 0 aliphatic carbocycles. The number of pyridine rings is 1. The lowest BCUT2D eigenvalue weighted by molar-refractivity contribution is -0.158. The van der Waals surface area contributed by atoms with Crippen molar-refractivity contribution < 1.29 is 27.8 Å². The first-order valence-corrected chi connectivity index (χ1v) is 12.8. The fourth-order valence-corrected chi connectivity index (χ4v) is 5.90. The lowest BCUT2D eigenvalue weighted by Gasteiger charge is -2.21. The first-order chi connectivity index (χ1) is 18.0. The van der Waals surface area contributed by atoms with Gasteiger partial charge in [0.25, 0.3) is 0 Å². The molecule has 2 unspecified atom stereocenters. The van der Waals surface area contributed by atoms with Gasteiger partial charge in [0, 0.05) is 37.6 Å². The van der Waals surface area contributed by atoms with Crippen LogP contribution in [-0.2, 0) is 4.79 Å². The summed E-state index contributed by atoms with van der Waals surface area (Å²) in [7, 11) is 6.89. The summed E-state index contributed by atoms with van der Waals surface area (Å²) in [5.74, 6) is -0.983. The molecule has 2 heterocycles. The van der Waals surface area contributed by atoms with E-state index in [4.69, 9.17) is 4.74 Å². The third-order valence-electron chi connectivity index (χ3n) is 6.31. The number of ketones is 1. The van der Waals surface area contributed by atoms with Crippen molar-refractivity contribution >= 4 is 46.6 Å². The minimum Gasteiger partial charge on any atom is -0.497 e. The molecule has 4 rings (SSSR count). The van der Waals surface area contributed by atoms with Crippen molar-refractivity contribution in [3.8, 4) is 17.6 Å². The Bertz CT molecular complexity index is 1400. The van der Waals surface area contributed by atoms with Crippen LogP contribution in [0.5, 0.6) is 11.5 Å². The number of amides is 1. The number of rotatable bonds is 8. The van der Waals surface area contributed by atoms with E-state index in [1.165, 1.54) is 35.4 Å².